The fourth-order valence-electron chi connectivity index (χ4n) is 0.862. The van der Waals surface area contributed by atoms with Gasteiger partial charge in [-0.3, -0.25) is 9.48 Å². The molecule has 0 aliphatic carbocycles. The first-order valence-electron chi connectivity index (χ1n) is 3.66. The van der Waals surface area contributed by atoms with Gasteiger partial charge >= 0.3 is 0 Å². The summed E-state index contributed by atoms with van der Waals surface area (Å²) >= 11 is 0. The number of aromatic nitrogens is 2. The SMILES string of the molecule is CC(C)n1cc(N)c(C(N)=O)n1. The van der Waals surface area contributed by atoms with Crippen molar-refractivity contribution in [1.29, 1.82) is 0 Å². The number of primary amides is 1. The summed E-state index contributed by atoms with van der Waals surface area (Å²) in [4.78, 5) is 10.7. The summed E-state index contributed by atoms with van der Waals surface area (Å²) in [6.45, 7) is 3.88. The minimum Gasteiger partial charge on any atom is -0.396 e. The van der Waals surface area contributed by atoms with E-state index in [2.05, 4.69) is 5.10 Å². The van der Waals surface area contributed by atoms with E-state index in [1.54, 1.807) is 10.9 Å². The Hall–Kier alpha value is -1.52. The number of hydrogen-bond donors (Lipinski definition) is 2. The molecule has 1 aromatic heterocycles. The molecular weight excluding hydrogens is 156 g/mol. The maximum Gasteiger partial charge on any atom is 0.271 e. The maximum absolute atomic E-state index is 10.7. The van der Waals surface area contributed by atoms with E-state index in [9.17, 15) is 4.79 Å². The molecule has 5 heteroatoms. The largest absolute Gasteiger partial charge is 0.396 e. The van der Waals surface area contributed by atoms with Crippen molar-refractivity contribution in [1.82, 2.24) is 9.78 Å². The Balaban J connectivity index is 3.09. The second-order valence-electron chi connectivity index (χ2n) is 2.87. The highest BCUT2D eigenvalue weighted by atomic mass is 16.1. The Kier molecular flexibility index (Phi) is 2.03. The monoisotopic (exact) mass is 168 g/mol. The molecule has 0 aromatic carbocycles. The van der Waals surface area contributed by atoms with E-state index in [4.69, 9.17) is 11.5 Å². The predicted octanol–water partition coefficient (Wildman–Crippen LogP) is 0.145. The van der Waals surface area contributed by atoms with Crippen molar-refractivity contribution in [2.75, 3.05) is 5.73 Å². The van der Waals surface area contributed by atoms with Crippen LogP contribution in [-0.2, 0) is 0 Å². The van der Waals surface area contributed by atoms with Gasteiger partial charge in [0.15, 0.2) is 5.69 Å². The van der Waals surface area contributed by atoms with Gasteiger partial charge in [-0.25, -0.2) is 0 Å². The van der Waals surface area contributed by atoms with Crippen LogP contribution in [0.25, 0.3) is 0 Å². The topological polar surface area (TPSA) is 86.9 Å². The smallest absolute Gasteiger partial charge is 0.271 e. The number of rotatable bonds is 2. The highest BCUT2D eigenvalue weighted by molar-refractivity contribution is 5.95. The van der Waals surface area contributed by atoms with Gasteiger partial charge in [-0.05, 0) is 13.8 Å². The molecule has 0 spiro atoms. The number of carbonyl (C=O) groups is 1. The first-order chi connectivity index (χ1) is 5.52. The molecule has 0 radical (unpaired) electrons. The van der Waals surface area contributed by atoms with E-state index < -0.39 is 5.91 Å². The van der Waals surface area contributed by atoms with Gasteiger partial charge in [0, 0.05) is 12.2 Å². The van der Waals surface area contributed by atoms with Crippen molar-refractivity contribution in [3.05, 3.63) is 11.9 Å². The molecule has 0 bridgehead atoms. The van der Waals surface area contributed by atoms with Crippen LogP contribution in [0.5, 0.6) is 0 Å². The van der Waals surface area contributed by atoms with Crippen molar-refractivity contribution in [2.45, 2.75) is 19.9 Å². The van der Waals surface area contributed by atoms with Gasteiger partial charge in [0.05, 0.1) is 5.69 Å². The van der Waals surface area contributed by atoms with Crippen LogP contribution in [0.2, 0.25) is 0 Å². The van der Waals surface area contributed by atoms with Gasteiger partial charge in [0.1, 0.15) is 0 Å². The highest BCUT2D eigenvalue weighted by Crippen LogP contribution is 2.11. The lowest BCUT2D eigenvalue weighted by molar-refractivity contribution is 0.0995. The van der Waals surface area contributed by atoms with Gasteiger partial charge in [0.2, 0.25) is 0 Å². The molecule has 1 heterocycles. The molecule has 12 heavy (non-hydrogen) atoms. The normalized spacial score (nSPS) is 10.6. The van der Waals surface area contributed by atoms with E-state index in [-0.39, 0.29) is 11.7 Å². The quantitative estimate of drug-likeness (QED) is 0.658. The summed E-state index contributed by atoms with van der Waals surface area (Å²) in [6, 6.07) is 0.181. The maximum atomic E-state index is 10.7. The first-order valence-corrected chi connectivity index (χ1v) is 3.66. The molecule has 1 aromatic rings. The number of nitrogen functional groups attached to an aromatic ring is 1. The zero-order valence-electron chi connectivity index (χ0n) is 7.11. The first kappa shape index (κ1) is 8.58. The highest BCUT2D eigenvalue weighted by Gasteiger charge is 2.11. The van der Waals surface area contributed by atoms with E-state index >= 15 is 0 Å². The summed E-state index contributed by atoms with van der Waals surface area (Å²) in [6.07, 6.45) is 1.60. The van der Waals surface area contributed by atoms with Gasteiger partial charge in [0.25, 0.3) is 5.91 Å². The lowest BCUT2D eigenvalue weighted by Gasteiger charge is -2.02. The molecule has 0 fully saturated rings. The standard InChI is InChI=1S/C7H12N4O/c1-4(2)11-3-5(8)6(10-11)7(9)12/h3-4H,8H2,1-2H3,(H2,9,12). The summed E-state index contributed by atoms with van der Waals surface area (Å²) in [7, 11) is 0. The van der Waals surface area contributed by atoms with Crippen LogP contribution in [0.3, 0.4) is 0 Å². The van der Waals surface area contributed by atoms with Crippen molar-refractivity contribution in [3.8, 4) is 0 Å². The minimum atomic E-state index is -0.591. The number of nitrogens with zero attached hydrogens (tertiary/aromatic N) is 2. The van der Waals surface area contributed by atoms with E-state index in [1.807, 2.05) is 13.8 Å². The van der Waals surface area contributed by atoms with Crippen molar-refractivity contribution in [2.24, 2.45) is 5.73 Å². The minimum absolute atomic E-state index is 0.142. The van der Waals surface area contributed by atoms with Crippen LogP contribution < -0.4 is 11.5 Å². The van der Waals surface area contributed by atoms with E-state index in [1.165, 1.54) is 0 Å². The average molecular weight is 168 g/mol. The molecular formula is C7H12N4O. The molecule has 5 nitrogen and oxygen atoms in total. The van der Waals surface area contributed by atoms with Gasteiger partial charge in [-0.15, -0.1) is 0 Å². The third-order valence-corrected chi connectivity index (χ3v) is 1.52. The molecule has 0 aliphatic rings. The van der Waals surface area contributed by atoms with Crippen LogP contribution in [0, 0.1) is 0 Å². The summed E-state index contributed by atoms with van der Waals surface area (Å²) in [5, 5.41) is 3.93. The number of anilines is 1. The Labute approximate surface area is 70.3 Å². The third-order valence-electron chi connectivity index (χ3n) is 1.52. The molecule has 0 aliphatic heterocycles. The second-order valence-corrected chi connectivity index (χ2v) is 2.87. The van der Waals surface area contributed by atoms with Gasteiger partial charge < -0.3 is 11.5 Å². The summed E-state index contributed by atoms with van der Waals surface area (Å²) in [5.41, 5.74) is 11.0. The van der Waals surface area contributed by atoms with E-state index in [0.717, 1.165) is 0 Å². The zero-order valence-corrected chi connectivity index (χ0v) is 7.11. The third kappa shape index (κ3) is 1.39. The van der Waals surface area contributed by atoms with Crippen LogP contribution in [-0.4, -0.2) is 15.7 Å². The van der Waals surface area contributed by atoms with Crippen molar-refractivity contribution in [3.63, 3.8) is 0 Å². The molecule has 0 unspecified atom stereocenters. The molecule has 1 amide bonds. The molecule has 4 N–H and O–H groups in total. The van der Waals surface area contributed by atoms with Crippen molar-refractivity contribution < 1.29 is 4.79 Å². The number of hydrogen-bond acceptors (Lipinski definition) is 3. The lowest BCUT2D eigenvalue weighted by atomic mass is 10.4. The molecule has 66 valence electrons. The molecule has 0 saturated carbocycles. The number of amides is 1. The molecule has 1 rings (SSSR count). The summed E-state index contributed by atoms with van der Waals surface area (Å²) < 4.78 is 1.61. The van der Waals surface area contributed by atoms with Gasteiger partial charge in [-0.1, -0.05) is 0 Å². The second kappa shape index (κ2) is 2.84. The Morgan fingerprint density at radius 1 is 1.67 bits per heavy atom. The Morgan fingerprint density at radius 2 is 2.25 bits per heavy atom. The van der Waals surface area contributed by atoms with Gasteiger partial charge in [-0.2, -0.15) is 5.10 Å². The van der Waals surface area contributed by atoms with Crippen LogP contribution in [0.1, 0.15) is 30.4 Å². The van der Waals surface area contributed by atoms with Crippen molar-refractivity contribution >= 4 is 11.6 Å². The fourth-order valence-corrected chi connectivity index (χ4v) is 0.862. The average Bonchev–Trinajstić information content (AvgIpc) is 2.30. The predicted molar refractivity (Wildman–Crippen MR) is 45.5 cm³/mol. The zero-order chi connectivity index (χ0) is 9.30. The number of carbonyl (C=O) groups excluding carboxylic acids is 1. The van der Waals surface area contributed by atoms with E-state index in [0.29, 0.717) is 5.69 Å². The fraction of sp³-hybridized carbons (Fsp3) is 0.429. The molecule has 0 saturated heterocycles. The Bertz CT molecular complexity index is 302. The summed E-state index contributed by atoms with van der Waals surface area (Å²) in [5.74, 6) is -0.591. The molecule has 0 atom stereocenters. The van der Waals surface area contributed by atoms with Crippen LogP contribution in [0.15, 0.2) is 6.20 Å². The number of nitrogens with two attached hydrogens (primary N) is 2. The van der Waals surface area contributed by atoms with Crippen LogP contribution in [0.4, 0.5) is 5.69 Å². The Morgan fingerprint density at radius 3 is 2.50 bits per heavy atom. The van der Waals surface area contributed by atoms with Crippen LogP contribution >= 0.6 is 0 Å². The lowest BCUT2D eigenvalue weighted by Crippen LogP contribution is -2.14.